The van der Waals surface area contributed by atoms with Crippen molar-refractivity contribution in [1.82, 2.24) is 10.9 Å². The van der Waals surface area contributed by atoms with Gasteiger partial charge in [0.1, 0.15) is 0 Å². The minimum absolute atomic E-state index is 0. The van der Waals surface area contributed by atoms with Crippen molar-refractivity contribution in [3.63, 3.8) is 0 Å². The Morgan fingerprint density at radius 2 is 2.14 bits per heavy atom. The van der Waals surface area contributed by atoms with Crippen LogP contribution in [0.5, 0.6) is 0 Å². The molecule has 0 bridgehead atoms. The second kappa shape index (κ2) is 9.12. The molecule has 2 N–H and O–H groups in total. The molecule has 0 atom stereocenters. The third kappa shape index (κ3) is 10.8. The van der Waals surface area contributed by atoms with Crippen molar-refractivity contribution in [3.05, 3.63) is 0 Å². The summed E-state index contributed by atoms with van der Waals surface area (Å²) >= 11 is 0. The van der Waals surface area contributed by atoms with E-state index in [9.17, 15) is 4.79 Å². The SMILES string of the molecule is O=[C-]NNC=O.[Rh]. The van der Waals surface area contributed by atoms with Gasteiger partial charge in [-0.2, -0.15) is 0 Å². The minimum atomic E-state index is 0. The van der Waals surface area contributed by atoms with Crippen LogP contribution in [0.2, 0.25) is 0 Å². The largest absolute Gasteiger partial charge is 0.518 e. The van der Waals surface area contributed by atoms with Gasteiger partial charge in [-0.1, -0.05) is 0 Å². The van der Waals surface area contributed by atoms with E-state index in [0.29, 0.717) is 6.41 Å². The average Bonchev–Trinajstić information content (AvgIpc) is 1.61. The van der Waals surface area contributed by atoms with Gasteiger partial charge in [-0.3, -0.25) is 4.79 Å². The molecule has 0 saturated carbocycles. The molecule has 0 aliphatic rings. The maximum Gasteiger partial charge on any atom is 0.223 e. The van der Waals surface area contributed by atoms with E-state index in [1.807, 2.05) is 5.43 Å². The zero-order chi connectivity index (χ0) is 4.83. The first-order valence-electron chi connectivity index (χ1n) is 1.23. The van der Waals surface area contributed by atoms with E-state index < -0.39 is 0 Å². The van der Waals surface area contributed by atoms with Crippen LogP contribution in [0, 0.1) is 0 Å². The van der Waals surface area contributed by atoms with Gasteiger partial charge in [0.15, 0.2) is 0 Å². The molecule has 0 aliphatic carbocycles. The molecule has 0 rings (SSSR count). The normalized spacial score (nSPS) is 5.14. The fourth-order valence-corrected chi connectivity index (χ4v) is 0.0589. The van der Waals surface area contributed by atoms with Gasteiger partial charge in [0.05, 0.1) is 0 Å². The fourth-order valence-electron chi connectivity index (χ4n) is 0.0589. The van der Waals surface area contributed by atoms with Crippen LogP contribution in [0.25, 0.3) is 0 Å². The number of nitrogens with one attached hydrogen (secondary N) is 2. The summed E-state index contributed by atoms with van der Waals surface area (Å²) in [6, 6.07) is 0. The number of carbonyl (C=O) groups excluding carboxylic acids is 2. The van der Waals surface area contributed by atoms with E-state index in [2.05, 4.69) is 0 Å². The van der Waals surface area contributed by atoms with Gasteiger partial charge in [0.2, 0.25) is 6.41 Å². The van der Waals surface area contributed by atoms with Crippen LogP contribution < -0.4 is 10.9 Å². The molecule has 4 nitrogen and oxygen atoms in total. The van der Waals surface area contributed by atoms with E-state index in [0.717, 1.165) is 0 Å². The molecule has 5 heteroatoms. The first-order valence-corrected chi connectivity index (χ1v) is 1.23. The number of hydrogen-bond acceptors (Lipinski definition) is 2. The summed E-state index contributed by atoms with van der Waals surface area (Å²) in [7, 11) is 0. The number of amides is 2. The van der Waals surface area contributed by atoms with Gasteiger partial charge in [0.25, 0.3) is 0 Å². The Hall–Kier alpha value is -0.437. The summed E-state index contributed by atoms with van der Waals surface area (Å²) in [5.41, 5.74) is 3.62. The standard InChI is InChI=1S/C2H3N2O2.Rh/c5-1-3-4-2-6;/h1H,(H,3,5)(H,4,6);/q-1;. The van der Waals surface area contributed by atoms with Gasteiger partial charge < -0.3 is 15.6 Å². The molecule has 0 aromatic carbocycles. The zero-order valence-corrected chi connectivity index (χ0v) is 4.87. The van der Waals surface area contributed by atoms with Gasteiger partial charge in [-0.25, -0.2) is 0 Å². The molecule has 7 heavy (non-hydrogen) atoms. The van der Waals surface area contributed by atoms with Crippen molar-refractivity contribution >= 4 is 12.8 Å². The summed E-state index contributed by atoms with van der Waals surface area (Å²) in [5.74, 6) is 0. The summed E-state index contributed by atoms with van der Waals surface area (Å²) < 4.78 is 0. The first kappa shape index (κ1) is 9.76. The van der Waals surface area contributed by atoms with Crippen molar-refractivity contribution < 1.29 is 29.1 Å². The van der Waals surface area contributed by atoms with Crippen molar-refractivity contribution in [2.24, 2.45) is 0 Å². The molecular weight excluding hydrogens is 187 g/mol. The average molecular weight is 190 g/mol. The predicted octanol–water partition coefficient (Wildman–Crippen LogP) is -1.70. The molecule has 2 amide bonds. The predicted molar refractivity (Wildman–Crippen MR) is 18.0 cm³/mol. The molecular formula is C2H3N2O2Rh-. The summed E-state index contributed by atoms with van der Waals surface area (Å²) in [6.45, 7) is 0. The van der Waals surface area contributed by atoms with Crippen LogP contribution >= 0.6 is 0 Å². The van der Waals surface area contributed by atoms with Crippen LogP contribution in [0.15, 0.2) is 0 Å². The quantitative estimate of drug-likeness (QED) is 0.139. The summed E-state index contributed by atoms with van der Waals surface area (Å²) in [4.78, 5) is 18.3. The molecule has 43 valence electrons. The molecule has 0 heterocycles. The summed E-state index contributed by atoms with van der Waals surface area (Å²) in [5, 5.41) is 0. The maximum absolute atomic E-state index is 9.21. The topological polar surface area (TPSA) is 58.2 Å². The Bertz CT molecular complexity index is 49.7. The molecule has 0 spiro atoms. The Balaban J connectivity index is 0. The summed E-state index contributed by atoms with van der Waals surface area (Å²) in [6.07, 6.45) is 1.56. The number of hydrazine groups is 1. The molecule has 0 aromatic heterocycles. The van der Waals surface area contributed by atoms with E-state index in [-0.39, 0.29) is 19.5 Å². The van der Waals surface area contributed by atoms with Crippen molar-refractivity contribution in [3.8, 4) is 0 Å². The second-order valence-corrected chi connectivity index (χ2v) is 0.489. The first-order chi connectivity index (χ1) is 2.91. The van der Waals surface area contributed by atoms with E-state index >= 15 is 0 Å². The van der Waals surface area contributed by atoms with E-state index in [4.69, 9.17) is 4.79 Å². The second-order valence-electron chi connectivity index (χ2n) is 0.489. The third-order valence-corrected chi connectivity index (χ3v) is 0.182. The van der Waals surface area contributed by atoms with Gasteiger partial charge in [0, 0.05) is 19.5 Å². The minimum Gasteiger partial charge on any atom is -0.518 e. The van der Waals surface area contributed by atoms with Crippen molar-refractivity contribution in [1.29, 1.82) is 0 Å². The molecule has 0 aromatic rings. The fraction of sp³-hybridized carbons (Fsp3) is 0. The van der Waals surface area contributed by atoms with Crippen LogP contribution in [-0.4, -0.2) is 12.8 Å². The van der Waals surface area contributed by atoms with Crippen LogP contribution in [-0.2, 0) is 29.1 Å². The van der Waals surface area contributed by atoms with Crippen molar-refractivity contribution in [2.75, 3.05) is 0 Å². The Kier molecular flexibility index (Phi) is 12.7. The molecule has 0 aliphatic heterocycles. The monoisotopic (exact) mass is 190 g/mol. The Labute approximate surface area is 53.4 Å². The van der Waals surface area contributed by atoms with E-state index in [1.165, 1.54) is 6.41 Å². The van der Waals surface area contributed by atoms with Crippen LogP contribution in [0.4, 0.5) is 0 Å². The van der Waals surface area contributed by atoms with Gasteiger partial charge in [-0.05, 0) is 0 Å². The maximum atomic E-state index is 9.21. The Morgan fingerprint density at radius 3 is 2.29 bits per heavy atom. The number of carbonyl (C=O) groups is 1. The molecule has 0 saturated heterocycles. The van der Waals surface area contributed by atoms with Crippen LogP contribution in [0.1, 0.15) is 0 Å². The van der Waals surface area contributed by atoms with Crippen molar-refractivity contribution in [2.45, 2.75) is 0 Å². The van der Waals surface area contributed by atoms with Crippen LogP contribution in [0.3, 0.4) is 0 Å². The molecule has 1 radical (unpaired) electrons. The number of rotatable bonds is 3. The molecule has 0 fully saturated rings. The Morgan fingerprint density at radius 1 is 1.57 bits per heavy atom. The van der Waals surface area contributed by atoms with Gasteiger partial charge in [-0.15, -0.1) is 6.41 Å². The molecule has 0 unspecified atom stereocenters. The number of hydrogen-bond donors (Lipinski definition) is 2. The zero-order valence-electron chi connectivity index (χ0n) is 3.23. The third-order valence-electron chi connectivity index (χ3n) is 0.182. The van der Waals surface area contributed by atoms with Gasteiger partial charge >= 0.3 is 0 Å². The van der Waals surface area contributed by atoms with E-state index in [1.54, 1.807) is 5.43 Å². The smallest absolute Gasteiger partial charge is 0.223 e.